The average Bonchev–Trinajstić information content (AvgIpc) is 2.46. The van der Waals surface area contributed by atoms with Crippen LogP contribution in [0.4, 0.5) is 17.8 Å². The third-order valence-corrected chi connectivity index (χ3v) is 2.86. The van der Waals surface area contributed by atoms with E-state index in [0.717, 1.165) is 19.6 Å². The maximum atomic E-state index is 5.41. The second-order valence-electron chi connectivity index (χ2n) is 4.54. The summed E-state index contributed by atoms with van der Waals surface area (Å²) in [6, 6.07) is 0. The third-order valence-electron chi connectivity index (χ3n) is 2.86. The normalized spacial score (nSPS) is 12.1. The number of hydrogen-bond donors (Lipinski definition) is 3. The molecule has 0 amide bonds. The third kappa shape index (κ3) is 4.78. The molecule has 0 saturated carbocycles. The number of nitrogens with two attached hydrogens (primary N) is 1. The molecule has 0 aliphatic carbocycles. The van der Waals surface area contributed by atoms with Gasteiger partial charge in [0.2, 0.25) is 17.8 Å². The predicted octanol–water partition coefficient (Wildman–Crippen LogP) is 0.698. The van der Waals surface area contributed by atoms with Gasteiger partial charge in [0.1, 0.15) is 0 Å². The van der Waals surface area contributed by atoms with Crippen molar-refractivity contribution in [1.29, 1.82) is 0 Å². The van der Waals surface area contributed by atoms with Crippen LogP contribution in [0.2, 0.25) is 0 Å². The first-order valence-corrected chi connectivity index (χ1v) is 6.84. The van der Waals surface area contributed by atoms with Crippen LogP contribution in [-0.2, 0) is 4.74 Å². The minimum atomic E-state index is 0.351. The van der Waals surface area contributed by atoms with Gasteiger partial charge in [-0.15, -0.1) is 0 Å². The number of anilines is 3. The summed E-state index contributed by atoms with van der Waals surface area (Å²) in [7, 11) is 1.69. The molecule has 1 aromatic rings. The van der Waals surface area contributed by atoms with Crippen molar-refractivity contribution in [3.8, 4) is 0 Å². The minimum absolute atomic E-state index is 0.351. The number of aromatic nitrogens is 3. The molecule has 0 fully saturated rings. The number of methoxy groups -OCH3 is 1. The van der Waals surface area contributed by atoms with Crippen molar-refractivity contribution in [2.24, 2.45) is 11.8 Å². The van der Waals surface area contributed by atoms with Crippen LogP contribution in [0, 0.1) is 5.92 Å². The molecule has 1 heterocycles. The predicted molar refractivity (Wildman–Crippen MR) is 80.7 cm³/mol. The van der Waals surface area contributed by atoms with Crippen LogP contribution in [-0.4, -0.2) is 48.3 Å². The van der Waals surface area contributed by atoms with Gasteiger partial charge in [-0.3, -0.25) is 5.43 Å². The minimum Gasteiger partial charge on any atom is -0.384 e. The van der Waals surface area contributed by atoms with Crippen molar-refractivity contribution in [2.75, 3.05) is 49.0 Å². The summed E-state index contributed by atoms with van der Waals surface area (Å²) in [6.07, 6.45) is 0. The van der Waals surface area contributed by atoms with Crippen LogP contribution in [0.25, 0.3) is 0 Å². The molecule has 1 aromatic heterocycles. The zero-order chi connectivity index (χ0) is 15.0. The van der Waals surface area contributed by atoms with Gasteiger partial charge in [-0.05, 0) is 19.8 Å². The Morgan fingerprint density at radius 2 is 1.85 bits per heavy atom. The van der Waals surface area contributed by atoms with Gasteiger partial charge in [0.25, 0.3) is 0 Å². The van der Waals surface area contributed by atoms with Crippen LogP contribution in [0.15, 0.2) is 0 Å². The molecule has 0 aliphatic heterocycles. The van der Waals surface area contributed by atoms with Crippen LogP contribution < -0.4 is 21.5 Å². The fraction of sp³-hybridized carbons (Fsp3) is 0.750. The molecule has 8 nitrogen and oxygen atoms in total. The summed E-state index contributed by atoms with van der Waals surface area (Å²) >= 11 is 0. The molecule has 20 heavy (non-hydrogen) atoms. The lowest BCUT2D eigenvalue weighted by molar-refractivity contribution is 0.164. The maximum absolute atomic E-state index is 5.41. The van der Waals surface area contributed by atoms with Gasteiger partial charge in [0.05, 0.1) is 6.61 Å². The molecule has 0 radical (unpaired) electrons. The summed E-state index contributed by atoms with van der Waals surface area (Å²) in [5.74, 6) is 7.24. The SMILES string of the molecule is CCN(CC)c1nc(NN)nc(NCC(C)COC)n1. The highest BCUT2D eigenvalue weighted by atomic mass is 16.5. The van der Waals surface area contributed by atoms with Crippen molar-refractivity contribution in [3.63, 3.8) is 0 Å². The molecule has 0 saturated heterocycles. The van der Waals surface area contributed by atoms with Gasteiger partial charge >= 0.3 is 0 Å². The van der Waals surface area contributed by atoms with Gasteiger partial charge in [-0.25, -0.2) is 5.84 Å². The average molecular weight is 283 g/mol. The Hall–Kier alpha value is -1.67. The highest BCUT2D eigenvalue weighted by Gasteiger charge is 2.11. The summed E-state index contributed by atoms with van der Waals surface area (Å²) in [4.78, 5) is 14.9. The van der Waals surface area contributed by atoms with E-state index in [9.17, 15) is 0 Å². The molecule has 0 aliphatic rings. The molecule has 1 atom stereocenters. The number of ether oxygens (including phenoxy) is 1. The Labute approximate surface area is 120 Å². The highest BCUT2D eigenvalue weighted by molar-refractivity contribution is 5.43. The van der Waals surface area contributed by atoms with Crippen molar-refractivity contribution < 1.29 is 4.74 Å². The first-order chi connectivity index (χ1) is 9.64. The quantitative estimate of drug-likeness (QED) is 0.449. The first kappa shape index (κ1) is 16.4. The largest absolute Gasteiger partial charge is 0.384 e. The summed E-state index contributed by atoms with van der Waals surface area (Å²) in [5, 5.41) is 3.18. The van der Waals surface area contributed by atoms with E-state index in [1.54, 1.807) is 7.11 Å². The number of nitrogens with one attached hydrogen (secondary N) is 2. The van der Waals surface area contributed by atoms with E-state index in [1.165, 1.54) is 0 Å². The van der Waals surface area contributed by atoms with E-state index in [0.29, 0.717) is 30.4 Å². The maximum Gasteiger partial charge on any atom is 0.243 e. The second kappa shape index (κ2) is 8.49. The lowest BCUT2D eigenvalue weighted by atomic mass is 10.2. The van der Waals surface area contributed by atoms with Crippen LogP contribution in [0.1, 0.15) is 20.8 Å². The van der Waals surface area contributed by atoms with Gasteiger partial charge in [0.15, 0.2) is 0 Å². The van der Waals surface area contributed by atoms with E-state index in [1.807, 2.05) is 4.90 Å². The van der Waals surface area contributed by atoms with Crippen molar-refractivity contribution >= 4 is 17.8 Å². The van der Waals surface area contributed by atoms with Crippen molar-refractivity contribution in [1.82, 2.24) is 15.0 Å². The smallest absolute Gasteiger partial charge is 0.243 e. The van der Waals surface area contributed by atoms with E-state index in [4.69, 9.17) is 10.6 Å². The van der Waals surface area contributed by atoms with E-state index < -0.39 is 0 Å². The molecular formula is C12H25N7O. The molecule has 0 aromatic carbocycles. The van der Waals surface area contributed by atoms with Crippen molar-refractivity contribution in [3.05, 3.63) is 0 Å². The lowest BCUT2D eigenvalue weighted by Gasteiger charge is -2.20. The Morgan fingerprint density at radius 1 is 1.20 bits per heavy atom. The molecular weight excluding hydrogens is 258 g/mol. The van der Waals surface area contributed by atoms with Crippen LogP contribution in [0.5, 0.6) is 0 Å². The molecule has 8 heteroatoms. The zero-order valence-electron chi connectivity index (χ0n) is 12.7. The van der Waals surface area contributed by atoms with Gasteiger partial charge in [0, 0.05) is 26.7 Å². The van der Waals surface area contributed by atoms with Gasteiger partial charge in [-0.1, -0.05) is 6.92 Å². The Balaban J connectivity index is 2.82. The number of rotatable bonds is 9. The summed E-state index contributed by atoms with van der Waals surface area (Å²) < 4.78 is 5.10. The molecule has 4 N–H and O–H groups in total. The van der Waals surface area contributed by atoms with Crippen molar-refractivity contribution in [2.45, 2.75) is 20.8 Å². The van der Waals surface area contributed by atoms with Gasteiger partial charge < -0.3 is 15.0 Å². The van der Waals surface area contributed by atoms with E-state index in [2.05, 4.69) is 46.5 Å². The Morgan fingerprint density at radius 3 is 2.40 bits per heavy atom. The number of hydrazine groups is 1. The highest BCUT2D eigenvalue weighted by Crippen LogP contribution is 2.13. The standard InChI is InChI=1S/C12H25N7O/c1-5-19(6-2)12-16-10(15-11(17-12)18-13)14-7-9(3)8-20-4/h9H,5-8,13H2,1-4H3,(H2,14,15,16,17,18). The van der Waals surface area contributed by atoms with E-state index >= 15 is 0 Å². The molecule has 1 rings (SSSR count). The fourth-order valence-corrected chi connectivity index (χ4v) is 1.77. The van der Waals surface area contributed by atoms with E-state index in [-0.39, 0.29) is 0 Å². The summed E-state index contributed by atoms with van der Waals surface area (Å²) in [5.41, 5.74) is 2.47. The second-order valence-corrected chi connectivity index (χ2v) is 4.54. The molecule has 1 unspecified atom stereocenters. The molecule has 0 spiro atoms. The number of nitrogens with zero attached hydrogens (tertiary/aromatic N) is 4. The topological polar surface area (TPSA) is 101 Å². The fourth-order valence-electron chi connectivity index (χ4n) is 1.77. The monoisotopic (exact) mass is 283 g/mol. The van der Waals surface area contributed by atoms with Gasteiger partial charge in [-0.2, -0.15) is 15.0 Å². The molecule has 0 bridgehead atoms. The lowest BCUT2D eigenvalue weighted by Crippen LogP contribution is -2.26. The number of nitrogen functional groups attached to an aromatic ring is 1. The number of hydrogen-bond acceptors (Lipinski definition) is 8. The first-order valence-electron chi connectivity index (χ1n) is 6.84. The zero-order valence-corrected chi connectivity index (χ0v) is 12.7. The van der Waals surface area contributed by atoms with Crippen LogP contribution >= 0.6 is 0 Å². The molecule has 114 valence electrons. The Bertz CT molecular complexity index is 397. The summed E-state index contributed by atoms with van der Waals surface area (Å²) in [6.45, 7) is 9.24. The van der Waals surface area contributed by atoms with Crippen LogP contribution in [0.3, 0.4) is 0 Å². The Kier molecular flexibility index (Phi) is 6.96.